The molecule has 0 fully saturated rings. The number of aromatic amines is 1. The van der Waals surface area contributed by atoms with E-state index in [1.165, 1.54) is 17.0 Å². The number of amides is 1. The van der Waals surface area contributed by atoms with Gasteiger partial charge in [0.2, 0.25) is 0 Å². The van der Waals surface area contributed by atoms with E-state index in [9.17, 15) is 14.0 Å². The molecule has 0 saturated heterocycles. The van der Waals surface area contributed by atoms with Crippen molar-refractivity contribution < 1.29 is 14.0 Å². The summed E-state index contributed by atoms with van der Waals surface area (Å²) in [6.45, 7) is 2.55. The van der Waals surface area contributed by atoms with Gasteiger partial charge in [-0.05, 0) is 47.9 Å². The second-order valence-corrected chi connectivity index (χ2v) is 9.98. The normalized spacial score (nSPS) is 11.3. The van der Waals surface area contributed by atoms with Gasteiger partial charge in [-0.15, -0.1) is 0 Å². The average Bonchev–Trinajstić information content (AvgIpc) is 3.49. The van der Waals surface area contributed by atoms with Gasteiger partial charge in [0, 0.05) is 43.3 Å². The van der Waals surface area contributed by atoms with Gasteiger partial charge in [-0.2, -0.15) is 0 Å². The van der Waals surface area contributed by atoms with Gasteiger partial charge in [-0.25, -0.2) is 9.37 Å². The Morgan fingerprint density at radius 1 is 0.950 bits per heavy atom. The van der Waals surface area contributed by atoms with E-state index in [-0.39, 0.29) is 23.2 Å². The number of aromatic nitrogens is 4. The van der Waals surface area contributed by atoms with Gasteiger partial charge in [0.1, 0.15) is 17.3 Å². The summed E-state index contributed by atoms with van der Waals surface area (Å²) in [4.78, 5) is 40.4. The molecule has 0 atom stereocenters. The van der Waals surface area contributed by atoms with E-state index in [2.05, 4.69) is 19.5 Å². The molecule has 3 heterocycles. The molecule has 0 unspecified atom stereocenters. The standard InChI is InChI=1S/C32H26FN5O2/c1-19-35-26-14-15-34-17-28(26)38(19)18-20-4-6-22(7-5-20)31(39)29-25-13-10-23(21-8-11-24(33)12-9-21)16-27(25)36-30(29)32(40)37(2)3/h4-17,36H,18H2,1-3H3. The van der Waals surface area contributed by atoms with Crippen molar-refractivity contribution in [1.82, 2.24) is 24.4 Å². The van der Waals surface area contributed by atoms with E-state index in [1.807, 2.05) is 43.3 Å². The zero-order valence-electron chi connectivity index (χ0n) is 22.3. The van der Waals surface area contributed by atoms with E-state index in [4.69, 9.17) is 0 Å². The summed E-state index contributed by atoms with van der Waals surface area (Å²) in [5.74, 6) is 0.0309. The second-order valence-electron chi connectivity index (χ2n) is 9.98. The number of halogens is 1. The van der Waals surface area contributed by atoms with Crippen molar-refractivity contribution in [3.05, 3.63) is 119 Å². The number of rotatable bonds is 6. The molecule has 3 aromatic heterocycles. The Labute approximate surface area is 229 Å². The van der Waals surface area contributed by atoms with Crippen molar-refractivity contribution in [2.75, 3.05) is 14.1 Å². The molecule has 198 valence electrons. The van der Waals surface area contributed by atoms with Gasteiger partial charge in [-0.1, -0.05) is 48.5 Å². The monoisotopic (exact) mass is 531 g/mol. The summed E-state index contributed by atoms with van der Waals surface area (Å²) >= 11 is 0. The third-order valence-corrected chi connectivity index (χ3v) is 7.12. The van der Waals surface area contributed by atoms with Crippen molar-refractivity contribution in [2.45, 2.75) is 13.5 Å². The Balaban J connectivity index is 1.36. The number of carbonyl (C=O) groups excluding carboxylic acids is 2. The summed E-state index contributed by atoms with van der Waals surface area (Å²) in [6.07, 6.45) is 3.53. The first-order valence-corrected chi connectivity index (χ1v) is 12.8. The molecule has 3 aromatic carbocycles. The number of fused-ring (bicyclic) bond motifs is 2. The van der Waals surface area contributed by atoms with Gasteiger partial charge in [-0.3, -0.25) is 14.6 Å². The maximum Gasteiger partial charge on any atom is 0.270 e. The Morgan fingerprint density at radius 3 is 2.40 bits per heavy atom. The molecule has 8 heteroatoms. The van der Waals surface area contributed by atoms with Crippen LogP contribution in [-0.4, -0.2) is 50.2 Å². The van der Waals surface area contributed by atoms with Crippen molar-refractivity contribution in [3.8, 4) is 11.1 Å². The van der Waals surface area contributed by atoms with Crippen molar-refractivity contribution in [1.29, 1.82) is 0 Å². The van der Waals surface area contributed by atoms with Crippen LogP contribution in [0.1, 0.15) is 37.8 Å². The Hall–Kier alpha value is -5.11. The van der Waals surface area contributed by atoms with Crippen LogP contribution in [0.5, 0.6) is 0 Å². The summed E-state index contributed by atoms with van der Waals surface area (Å²) in [5.41, 5.74) is 6.22. The first kappa shape index (κ1) is 25.2. The molecule has 6 rings (SSSR count). The van der Waals surface area contributed by atoms with Crippen molar-refractivity contribution >= 4 is 33.6 Å². The van der Waals surface area contributed by atoms with E-state index < -0.39 is 0 Å². The SMILES string of the molecule is Cc1nc2ccncc2n1Cc1ccc(C(=O)c2c(C(=O)N(C)C)[nH]c3cc(-c4ccc(F)cc4)ccc23)cc1. The summed E-state index contributed by atoms with van der Waals surface area (Å²) in [7, 11) is 3.30. The molecule has 0 bridgehead atoms. The molecule has 1 amide bonds. The zero-order valence-corrected chi connectivity index (χ0v) is 22.3. The third-order valence-electron chi connectivity index (χ3n) is 7.12. The highest BCUT2D eigenvalue weighted by Crippen LogP contribution is 2.30. The van der Waals surface area contributed by atoms with Gasteiger partial charge in [0.05, 0.1) is 22.8 Å². The van der Waals surface area contributed by atoms with Crippen LogP contribution in [0.15, 0.2) is 85.2 Å². The minimum Gasteiger partial charge on any atom is -0.350 e. The largest absolute Gasteiger partial charge is 0.350 e. The van der Waals surface area contributed by atoms with Crippen molar-refractivity contribution in [2.24, 2.45) is 0 Å². The van der Waals surface area contributed by atoms with Gasteiger partial charge in [0.15, 0.2) is 5.78 Å². The van der Waals surface area contributed by atoms with Crippen LogP contribution in [0.4, 0.5) is 4.39 Å². The van der Waals surface area contributed by atoms with Crippen molar-refractivity contribution in [3.63, 3.8) is 0 Å². The molecule has 0 radical (unpaired) electrons. The van der Waals surface area contributed by atoms with Crippen LogP contribution < -0.4 is 0 Å². The van der Waals surface area contributed by atoms with Gasteiger partial charge < -0.3 is 14.5 Å². The molecular formula is C32H26FN5O2. The maximum absolute atomic E-state index is 13.9. The van der Waals surface area contributed by atoms with E-state index in [0.29, 0.717) is 28.6 Å². The fourth-order valence-corrected chi connectivity index (χ4v) is 5.02. The predicted molar refractivity (Wildman–Crippen MR) is 153 cm³/mol. The number of ketones is 1. The van der Waals surface area contributed by atoms with Crippen LogP contribution in [-0.2, 0) is 6.54 Å². The van der Waals surface area contributed by atoms with Crippen LogP contribution in [0, 0.1) is 12.7 Å². The second kappa shape index (κ2) is 9.89. The first-order valence-electron chi connectivity index (χ1n) is 12.8. The Kier molecular flexibility index (Phi) is 6.23. The number of benzene rings is 3. The summed E-state index contributed by atoms with van der Waals surface area (Å²) < 4.78 is 15.5. The van der Waals surface area contributed by atoms with Crippen LogP contribution in [0.25, 0.3) is 33.1 Å². The number of imidazole rings is 1. The van der Waals surface area contributed by atoms with Gasteiger partial charge >= 0.3 is 0 Å². The summed E-state index contributed by atoms with van der Waals surface area (Å²) in [5, 5.41) is 0.651. The molecule has 1 N–H and O–H groups in total. The molecule has 0 aliphatic heterocycles. The highest BCUT2D eigenvalue weighted by Gasteiger charge is 2.25. The topological polar surface area (TPSA) is 83.9 Å². The number of carbonyl (C=O) groups is 2. The number of H-pyrrole nitrogens is 1. The number of hydrogen-bond donors (Lipinski definition) is 1. The smallest absolute Gasteiger partial charge is 0.270 e. The highest BCUT2D eigenvalue weighted by atomic mass is 19.1. The van der Waals surface area contributed by atoms with E-state index >= 15 is 0 Å². The lowest BCUT2D eigenvalue weighted by molar-refractivity contribution is 0.0817. The van der Waals surface area contributed by atoms with E-state index in [1.54, 1.807) is 50.8 Å². The molecule has 0 spiro atoms. The first-order chi connectivity index (χ1) is 19.3. The fourth-order valence-electron chi connectivity index (χ4n) is 5.02. The van der Waals surface area contributed by atoms with Crippen LogP contribution in [0.3, 0.4) is 0 Å². The van der Waals surface area contributed by atoms with Gasteiger partial charge in [0.25, 0.3) is 5.91 Å². The number of nitrogens with zero attached hydrogens (tertiary/aromatic N) is 4. The molecule has 0 aliphatic rings. The van der Waals surface area contributed by atoms with Crippen LogP contribution >= 0.6 is 0 Å². The third kappa shape index (κ3) is 4.43. The van der Waals surface area contributed by atoms with Crippen LogP contribution in [0.2, 0.25) is 0 Å². The quantitative estimate of drug-likeness (QED) is 0.267. The zero-order chi connectivity index (χ0) is 28.0. The minimum atomic E-state index is -0.312. The molecule has 6 aromatic rings. The van der Waals surface area contributed by atoms with E-state index in [0.717, 1.165) is 33.5 Å². The minimum absolute atomic E-state index is 0.235. The molecule has 7 nitrogen and oxygen atoms in total. The Bertz CT molecular complexity index is 1900. The lowest BCUT2D eigenvalue weighted by Gasteiger charge is -2.11. The lowest BCUT2D eigenvalue weighted by Crippen LogP contribution is -2.24. The lowest BCUT2D eigenvalue weighted by atomic mass is 9.97. The fraction of sp³-hybridized carbons (Fsp3) is 0.125. The molecule has 0 saturated carbocycles. The number of nitrogens with one attached hydrogen (secondary N) is 1. The highest BCUT2D eigenvalue weighted by molar-refractivity contribution is 6.22. The Morgan fingerprint density at radius 2 is 1.68 bits per heavy atom. The number of hydrogen-bond acceptors (Lipinski definition) is 4. The average molecular weight is 532 g/mol. The summed E-state index contributed by atoms with van der Waals surface area (Å²) in [6, 6.07) is 21.1. The molecular weight excluding hydrogens is 505 g/mol. The molecule has 40 heavy (non-hydrogen) atoms. The number of aryl methyl sites for hydroxylation is 1. The maximum atomic E-state index is 13.9. The predicted octanol–water partition coefficient (Wildman–Crippen LogP) is 6.01. The number of pyridine rings is 1. The molecule has 0 aliphatic carbocycles.